The maximum absolute atomic E-state index is 12.7. The first-order chi connectivity index (χ1) is 11.0. The quantitative estimate of drug-likeness (QED) is 0.709. The van der Waals surface area contributed by atoms with Gasteiger partial charge in [-0.05, 0) is 39.0 Å². The van der Waals surface area contributed by atoms with Gasteiger partial charge in [0.15, 0.2) is 0 Å². The number of nitrogens with one attached hydrogen (secondary N) is 1. The number of amides is 3. The number of anilines is 1. The van der Waals surface area contributed by atoms with Gasteiger partial charge in [-0.1, -0.05) is 0 Å². The van der Waals surface area contributed by atoms with Gasteiger partial charge in [0.05, 0.1) is 10.4 Å². The lowest BCUT2D eigenvalue weighted by Crippen LogP contribution is -2.37. The zero-order valence-corrected chi connectivity index (χ0v) is 14.3. The number of carbonyl (C=O) groups is 3. The van der Waals surface area contributed by atoms with E-state index in [9.17, 15) is 14.4 Å². The van der Waals surface area contributed by atoms with E-state index < -0.39 is 29.0 Å². The first-order valence-electron chi connectivity index (χ1n) is 7.02. The number of allylic oxidation sites excluding steroid dienone is 1. The summed E-state index contributed by atoms with van der Waals surface area (Å²) in [7, 11) is 0. The van der Waals surface area contributed by atoms with Crippen LogP contribution in [0.15, 0.2) is 23.2 Å². The summed E-state index contributed by atoms with van der Waals surface area (Å²) in [5.74, 6) is -1.35. The SMILES string of the molecule is CC(C)(C)OC(=O)C1(c2cc(C(N)=O)c(NC(N)=O)s2)C=CC=N1. The summed E-state index contributed by atoms with van der Waals surface area (Å²) >= 11 is 0.988. The van der Waals surface area contributed by atoms with Gasteiger partial charge in [0.1, 0.15) is 10.6 Å². The lowest BCUT2D eigenvalue weighted by Gasteiger charge is -2.27. The fraction of sp³-hybridized carbons (Fsp3) is 0.333. The third-order valence-corrected chi connectivity index (χ3v) is 4.20. The summed E-state index contributed by atoms with van der Waals surface area (Å²) in [4.78, 5) is 40.0. The smallest absolute Gasteiger partial charge is 0.344 e. The lowest BCUT2D eigenvalue weighted by atomic mass is 9.98. The highest BCUT2D eigenvalue weighted by molar-refractivity contribution is 7.17. The molecule has 1 aliphatic rings. The molecule has 0 fully saturated rings. The lowest BCUT2D eigenvalue weighted by molar-refractivity contribution is -0.159. The molecule has 0 bridgehead atoms. The van der Waals surface area contributed by atoms with E-state index in [1.54, 1.807) is 32.9 Å². The second-order valence-electron chi connectivity index (χ2n) is 6.11. The van der Waals surface area contributed by atoms with Crippen LogP contribution in [-0.4, -0.2) is 29.7 Å². The first-order valence-corrected chi connectivity index (χ1v) is 7.84. The maximum atomic E-state index is 12.7. The average Bonchev–Trinajstić information content (AvgIpc) is 3.02. The number of rotatable bonds is 4. The van der Waals surface area contributed by atoms with Gasteiger partial charge >= 0.3 is 12.0 Å². The molecule has 0 spiro atoms. The van der Waals surface area contributed by atoms with Crippen LogP contribution in [-0.2, 0) is 15.1 Å². The molecule has 0 aromatic carbocycles. The number of aliphatic imine (C=N–C) groups is 1. The molecular formula is C15H18N4O4S. The van der Waals surface area contributed by atoms with Crippen molar-refractivity contribution in [2.45, 2.75) is 31.9 Å². The molecular weight excluding hydrogens is 332 g/mol. The van der Waals surface area contributed by atoms with Gasteiger partial charge in [-0.25, -0.2) is 9.59 Å². The van der Waals surface area contributed by atoms with E-state index in [-0.39, 0.29) is 10.6 Å². The predicted molar refractivity (Wildman–Crippen MR) is 91.2 cm³/mol. The monoisotopic (exact) mass is 350 g/mol. The Labute approximate surface area is 142 Å². The first kappa shape index (κ1) is 17.7. The van der Waals surface area contributed by atoms with Crippen LogP contribution in [0.5, 0.6) is 0 Å². The molecule has 2 rings (SSSR count). The Hall–Kier alpha value is -2.68. The number of hydrogen-bond donors (Lipinski definition) is 3. The zero-order chi connectivity index (χ0) is 18.1. The number of esters is 1. The molecule has 24 heavy (non-hydrogen) atoms. The third-order valence-electron chi connectivity index (χ3n) is 3.02. The highest BCUT2D eigenvalue weighted by Gasteiger charge is 2.44. The van der Waals surface area contributed by atoms with Crippen LogP contribution in [0, 0.1) is 0 Å². The Morgan fingerprint density at radius 2 is 1.96 bits per heavy atom. The fourth-order valence-electron chi connectivity index (χ4n) is 2.08. The van der Waals surface area contributed by atoms with Crippen molar-refractivity contribution in [1.29, 1.82) is 0 Å². The van der Waals surface area contributed by atoms with E-state index in [0.29, 0.717) is 4.88 Å². The van der Waals surface area contributed by atoms with Crippen LogP contribution < -0.4 is 16.8 Å². The second kappa shape index (κ2) is 6.08. The van der Waals surface area contributed by atoms with Gasteiger partial charge in [0.25, 0.3) is 5.91 Å². The fourth-order valence-corrected chi connectivity index (χ4v) is 3.25. The van der Waals surface area contributed by atoms with Crippen molar-refractivity contribution >= 4 is 40.5 Å². The number of primary amides is 2. The van der Waals surface area contributed by atoms with Crippen molar-refractivity contribution in [1.82, 2.24) is 0 Å². The molecule has 1 aromatic rings. The molecule has 1 aromatic heterocycles. The molecule has 8 nitrogen and oxygen atoms in total. The van der Waals surface area contributed by atoms with E-state index in [1.807, 2.05) is 0 Å². The molecule has 0 saturated heterocycles. The van der Waals surface area contributed by atoms with Crippen LogP contribution in [0.4, 0.5) is 9.80 Å². The molecule has 9 heteroatoms. The number of carbonyl (C=O) groups excluding carboxylic acids is 3. The number of nitrogens with zero attached hydrogens (tertiary/aromatic N) is 1. The predicted octanol–water partition coefficient (Wildman–Crippen LogP) is 1.52. The third kappa shape index (κ3) is 3.46. The van der Waals surface area contributed by atoms with E-state index in [4.69, 9.17) is 16.2 Å². The van der Waals surface area contributed by atoms with Gasteiger partial charge in [0, 0.05) is 6.21 Å². The van der Waals surface area contributed by atoms with E-state index in [2.05, 4.69) is 10.3 Å². The number of hydrogen-bond acceptors (Lipinski definition) is 6. The Morgan fingerprint density at radius 1 is 1.29 bits per heavy atom. The molecule has 1 unspecified atom stereocenters. The Kier molecular flexibility index (Phi) is 4.48. The Morgan fingerprint density at radius 3 is 2.42 bits per heavy atom. The Bertz CT molecular complexity index is 746. The van der Waals surface area contributed by atoms with Crippen molar-refractivity contribution in [2.75, 3.05) is 5.32 Å². The number of nitrogens with two attached hydrogens (primary N) is 2. The van der Waals surface area contributed by atoms with Crippen LogP contribution in [0.2, 0.25) is 0 Å². The Balaban J connectivity index is 2.51. The van der Waals surface area contributed by atoms with Gasteiger partial charge in [-0.15, -0.1) is 11.3 Å². The molecule has 5 N–H and O–H groups in total. The summed E-state index contributed by atoms with van der Waals surface area (Å²) in [5, 5.41) is 2.49. The minimum Gasteiger partial charge on any atom is -0.458 e. The van der Waals surface area contributed by atoms with Crippen LogP contribution in [0.1, 0.15) is 36.0 Å². The minimum absolute atomic E-state index is 0.0484. The van der Waals surface area contributed by atoms with E-state index in [1.165, 1.54) is 12.3 Å². The normalized spacial score (nSPS) is 19.3. The standard InChI is InChI=1S/C15H18N4O4S/c1-14(2,3)23-12(21)15(5-4-6-18-15)9-7-8(10(16)20)11(24-9)19-13(17)22/h4-7H,1-3H3,(H2,16,20)(H3,17,19,22). The second-order valence-corrected chi connectivity index (χ2v) is 7.16. The molecule has 0 radical (unpaired) electrons. The van der Waals surface area contributed by atoms with Gasteiger partial charge < -0.3 is 16.2 Å². The molecule has 3 amide bonds. The molecule has 0 aliphatic carbocycles. The highest BCUT2D eigenvalue weighted by atomic mass is 32.1. The van der Waals surface area contributed by atoms with Gasteiger partial charge in [0.2, 0.25) is 5.54 Å². The molecule has 1 atom stereocenters. The van der Waals surface area contributed by atoms with Crippen LogP contribution in [0.25, 0.3) is 0 Å². The number of thiophene rings is 1. The van der Waals surface area contributed by atoms with Crippen molar-refractivity contribution in [3.8, 4) is 0 Å². The molecule has 128 valence electrons. The number of urea groups is 1. The van der Waals surface area contributed by atoms with E-state index in [0.717, 1.165) is 11.3 Å². The summed E-state index contributed by atoms with van der Waals surface area (Å²) < 4.78 is 5.44. The van der Waals surface area contributed by atoms with Crippen molar-refractivity contribution in [3.63, 3.8) is 0 Å². The molecule has 2 heterocycles. The van der Waals surface area contributed by atoms with Crippen LogP contribution in [0.3, 0.4) is 0 Å². The zero-order valence-electron chi connectivity index (χ0n) is 13.5. The van der Waals surface area contributed by atoms with Crippen molar-refractivity contribution in [2.24, 2.45) is 16.5 Å². The van der Waals surface area contributed by atoms with E-state index >= 15 is 0 Å². The summed E-state index contributed by atoms with van der Waals surface area (Å²) in [6, 6.07) is 0.567. The van der Waals surface area contributed by atoms with Gasteiger partial charge in [-0.3, -0.25) is 15.1 Å². The van der Waals surface area contributed by atoms with Crippen molar-refractivity contribution in [3.05, 3.63) is 28.7 Å². The highest BCUT2D eigenvalue weighted by Crippen LogP contribution is 2.41. The largest absolute Gasteiger partial charge is 0.458 e. The maximum Gasteiger partial charge on any atom is 0.344 e. The molecule has 1 aliphatic heterocycles. The summed E-state index contributed by atoms with van der Waals surface area (Å²) in [6.07, 6.45) is 4.63. The summed E-state index contributed by atoms with van der Waals surface area (Å²) in [6.45, 7) is 5.22. The molecule has 0 saturated carbocycles. The minimum atomic E-state index is -1.42. The topological polar surface area (TPSA) is 137 Å². The summed E-state index contributed by atoms with van der Waals surface area (Å²) in [5.41, 5.74) is 8.35. The number of ether oxygens (including phenoxy) is 1. The van der Waals surface area contributed by atoms with Crippen LogP contribution >= 0.6 is 11.3 Å². The average molecular weight is 350 g/mol. The van der Waals surface area contributed by atoms with Crippen molar-refractivity contribution < 1.29 is 19.1 Å². The van der Waals surface area contributed by atoms with Gasteiger partial charge in [-0.2, -0.15) is 0 Å².